The topological polar surface area (TPSA) is 0 Å². The summed E-state index contributed by atoms with van der Waals surface area (Å²) in [4.78, 5) is 0. The summed E-state index contributed by atoms with van der Waals surface area (Å²) in [6.07, 6.45) is 9.46. The Labute approximate surface area is 107 Å². The number of benzene rings is 1. The standard InChI is InChI=1S/C14H21.Li/c1-2-3-4-5-6-8-11-14-12-9-7-10-13-14;/h7,9-10,12H,2-6,8,11H2,1H3;/q-1;+1. The van der Waals surface area contributed by atoms with E-state index < -0.39 is 0 Å². The van der Waals surface area contributed by atoms with E-state index >= 15 is 0 Å². The zero-order valence-electron chi connectivity index (χ0n) is 10.3. The van der Waals surface area contributed by atoms with Crippen LogP contribution in [0.3, 0.4) is 0 Å². The van der Waals surface area contributed by atoms with Crippen molar-refractivity contribution in [1.82, 2.24) is 0 Å². The van der Waals surface area contributed by atoms with Crippen LogP contribution in [0, 0.1) is 6.07 Å². The molecule has 1 aromatic carbocycles. The van der Waals surface area contributed by atoms with Gasteiger partial charge in [-0.05, 0) is 0 Å². The van der Waals surface area contributed by atoms with Gasteiger partial charge in [0, 0.05) is 0 Å². The maximum absolute atomic E-state index is 3.27. The van der Waals surface area contributed by atoms with Crippen LogP contribution >= 0.6 is 0 Å². The van der Waals surface area contributed by atoms with E-state index in [1.807, 2.05) is 12.1 Å². The Balaban J connectivity index is 0.00000196. The summed E-state index contributed by atoms with van der Waals surface area (Å²) in [5, 5.41) is 0. The van der Waals surface area contributed by atoms with Crippen LogP contribution in [0.2, 0.25) is 0 Å². The Hall–Kier alpha value is -0.183. The van der Waals surface area contributed by atoms with Gasteiger partial charge in [0.15, 0.2) is 0 Å². The third-order valence-electron chi connectivity index (χ3n) is 2.57. The first-order valence-corrected chi connectivity index (χ1v) is 5.89. The molecule has 0 aromatic heterocycles. The molecule has 0 N–H and O–H groups in total. The van der Waals surface area contributed by atoms with Crippen molar-refractivity contribution in [3.63, 3.8) is 0 Å². The van der Waals surface area contributed by atoms with Crippen molar-refractivity contribution in [2.24, 2.45) is 0 Å². The molecule has 0 bridgehead atoms. The molecule has 0 amide bonds. The van der Waals surface area contributed by atoms with Crippen LogP contribution in [0.4, 0.5) is 0 Å². The van der Waals surface area contributed by atoms with Crippen molar-refractivity contribution < 1.29 is 18.9 Å². The fourth-order valence-electron chi connectivity index (χ4n) is 1.68. The average molecular weight is 196 g/mol. The van der Waals surface area contributed by atoms with Crippen LogP contribution < -0.4 is 18.9 Å². The molecule has 1 aromatic rings. The third-order valence-corrected chi connectivity index (χ3v) is 2.57. The van der Waals surface area contributed by atoms with E-state index in [-0.39, 0.29) is 18.9 Å². The van der Waals surface area contributed by atoms with Gasteiger partial charge in [0.2, 0.25) is 0 Å². The van der Waals surface area contributed by atoms with Crippen molar-refractivity contribution in [2.45, 2.75) is 51.9 Å². The van der Waals surface area contributed by atoms with Crippen molar-refractivity contribution in [1.29, 1.82) is 0 Å². The predicted molar refractivity (Wildman–Crippen MR) is 62.4 cm³/mol. The minimum atomic E-state index is 0. The van der Waals surface area contributed by atoms with Crippen molar-refractivity contribution in [2.75, 3.05) is 0 Å². The van der Waals surface area contributed by atoms with Gasteiger partial charge in [-0.15, -0.1) is 0 Å². The molecular weight excluding hydrogens is 175 g/mol. The Morgan fingerprint density at radius 2 is 1.73 bits per heavy atom. The van der Waals surface area contributed by atoms with E-state index in [0.717, 1.165) is 0 Å². The Bertz CT molecular complexity index is 218. The van der Waals surface area contributed by atoms with Gasteiger partial charge in [-0.2, -0.15) is 35.9 Å². The van der Waals surface area contributed by atoms with Crippen LogP contribution in [0.1, 0.15) is 51.0 Å². The summed E-state index contributed by atoms with van der Waals surface area (Å²) in [6, 6.07) is 11.6. The molecule has 0 saturated heterocycles. The monoisotopic (exact) mass is 196 g/mol. The van der Waals surface area contributed by atoms with Gasteiger partial charge in [0.1, 0.15) is 0 Å². The summed E-state index contributed by atoms with van der Waals surface area (Å²) >= 11 is 0. The number of rotatable bonds is 7. The van der Waals surface area contributed by atoms with Crippen LogP contribution in [0.25, 0.3) is 0 Å². The molecule has 0 nitrogen and oxygen atoms in total. The third kappa shape index (κ3) is 7.71. The van der Waals surface area contributed by atoms with Gasteiger partial charge in [0.05, 0.1) is 0 Å². The second-order valence-corrected chi connectivity index (χ2v) is 3.91. The molecule has 0 aliphatic carbocycles. The average Bonchev–Trinajstić information content (AvgIpc) is 2.25. The molecule has 1 heteroatoms. The summed E-state index contributed by atoms with van der Waals surface area (Å²) in [6.45, 7) is 2.26. The fraction of sp³-hybridized carbons (Fsp3) is 0.571. The molecular formula is C14H21Li. The second kappa shape index (κ2) is 10.3. The van der Waals surface area contributed by atoms with Crippen molar-refractivity contribution >= 4 is 0 Å². The van der Waals surface area contributed by atoms with E-state index in [1.165, 1.54) is 50.5 Å². The molecule has 0 saturated carbocycles. The molecule has 0 atom stereocenters. The van der Waals surface area contributed by atoms with E-state index in [9.17, 15) is 0 Å². The zero-order chi connectivity index (χ0) is 10.1. The van der Waals surface area contributed by atoms with Crippen LogP contribution in [0.15, 0.2) is 24.3 Å². The largest absolute Gasteiger partial charge is 1.00 e. The normalized spacial score (nSPS) is 9.67. The van der Waals surface area contributed by atoms with Gasteiger partial charge < -0.3 is 0 Å². The SMILES string of the molecule is CCCCCCCCc1[c-]cccc1.[Li+]. The molecule has 78 valence electrons. The summed E-state index contributed by atoms with van der Waals surface area (Å²) in [7, 11) is 0. The van der Waals surface area contributed by atoms with E-state index in [0.29, 0.717) is 0 Å². The zero-order valence-corrected chi connectivity index (χ0v) is 10.3. The number of aryl methyl sites for hydroxylation is 1. The van der Waals surface area contributed by atoms with Crippen LogP contribution in [-0.4, -0.2) is 0 Å². The molecule has 1 rings (SSSR count). The molecule has 0 aliphatic rings. The number of unbranched alkanes of at least 4 members (excludes halogenated alkanes) is 5. The first-order valence-electron chi connectivity index (χ1n) is 5.89. The van der Waals surface area contributed by atoms with Gasteiger partial charge in [-0.25, -0.2) is 0 Å². The van der Waals surface area contributed by atoms with Gasteiger partial charge >= 0.3 is 18.9 Å². The Morgan fingerprint density at radius 1 is 1.00 bits per heavy atom. The van der Waals surface area contributed by atoms with Gasteiger partial charge in [-0.3, -0.25) is 0 Å². The molecule has 0 aliphatic heterocycles. The second-order valence-electron chi connectivity index (χ2n) is 3.91. The van der Waals surface area contributed by atoms with E-state index in [1.54, 1.807) is 0 Å². The predicted octanol–water partition coefficient (Wildman–Crippen LogP) is 1.39. The minimum absolute atomic E-state index is 0. The van der Waals surface area contributed by atoms with Crippen molar-refractivity contribution in [3.05, 3.63) is 35.9 Å². The Morgan fingerprint density at radius 3 is 2.40 bits per heavy atom. The van der Waals surface area contributed by atoms with E-state index in [2.05, 4.69) is 25.1 Å². The quantitative estimate of drug-likeness (QED) is 0.351. The number of hydrogen-bond acceptors (Lipinski definition) is 0. The molecule has 0 heterocycles. The molecule has 0 radical (unpaired) electrons. The molecule has 0 unspecified atom stereocenters. The first-order chi connectivity index (χ1) is 6.93. The summed E-state index contributed by atoms with van der Waals surface area (Å²) in [5.74, 6) is 0. The first kappa shape index (κ1) is 14.8. The Kier molecular flexibility index (Phi) is 10.2. The summed E-state index contributed by atoms with van der Waals surface area (Å²) < 4.78 is 0. The van der Waals surface area contributed by atoms with Crippen LogP contribution in [-0.2, 0) is 6.42 Å². The van der Waals surface area contributed by atoms with Crippen molar-refractivity contribution in [3.8, 4) is 0 Å². The minimum Gasteiger partial charge on any atom is -0.180 e. The molecule has 0 spiro atoms. The molecule has 15 heavy (non-hydrogen) atoms. The maximum Gasteiger partial charge on any atom is 1.00 e. The maximum atomic E-state index is 3.27. The van der Waals surface area contributed by atoms with Gasteiger partial charge in [0.25, 0.3) is 0 Å². The van der Waals surface area contributed by atoms with E-state index in [4.69, 9.17) is 0 Å². The number of hydrogen-bond donors (Lipinski definition) is 0. The van der Waals surface area contributed by atoms with Gasteiger partial charge in [-0.1, -0.05) is 51.9 Å². The summed E-state index contributed by atoms with van der Waals surface area (Å²) in [5.41, 5.74) is 1.36. The smallest absolute Gasteiger partial charge is 0.180 e. The molecule has 0 fully saturated rings. The fourth-order valence-corrected chi connectivity index (χ4v) is 1.68. The van der Waals surface area contributed by atoms with Crippen LogP contribution in [0.5, 0.6) is 0 Å².